The molecule has 15 aromatic rings. The minimum Gasteiger partial charge on any atom is -0.344 e. The standard InChI is InChI=1S/C84H55N5/c1-4-17-54(18-5-1)55-37-43-62(44-38-55)81-86-82(88-83(87-81)73-29-15-22-59-21-10-11-27-68(59)73)63-45-39-57(40-46-63)56-33-35-58(36-34-56)65-23-14-24-66(53-65)71-51-50-70(60-19-6-2-7-20-60)79-75-52-49-69(72-28-16-30-74(78(72)75)80(71)79)61-41-47-64(48-42-61)84-85-76-31-12-13-32-77(76)89(84)67-25-8-3-9-26-67/h1-53,83H,(H,86,87,88). The van der Waals surface area contributed by atoms with Crippen LogP contribution in [-0.2, 0) is 0 Å². The molecule has 14 aromatic carbocycles. The number of rotatable bonds is 11. The number of amidine groups is 2. The van der Waals surface area contributed by atoms with Crippen molar-refractivity contribution in [2.75, 3.05) is 0 Å². The van der Waals surface area contributed by atoms with Crippen LogP contribution in [0.3, 0.4) is 0 Å². The van der Waals surface area contributed by atoms with Gasteiger partial charge in [0, 0.05) is 27.9 Å². The topological polar surface area (TPSA) is 54.6 Å². The van der Waals surface area contributed by atoms with Gasteiger partial charge in [0.2, 0.25) is 0 Å². The maximum absolute atomic E-state index is 5.30. The highest BCUT2D eigenvalue weighted by Crippen LogP contribution is 2.56. The highest BCUT2D eigenvalue weighted by atomic mass is 15.2. The van der Waals surface area contributed by atoms with Gasteiger partial charge in [-0.15, -0.1) is 0 Å². The second kappa shape index (κ2) is 21.6. The van der Waals surface area contributed by atoms with E-state index < -0.39 is 0 Å². The van der Waals surface area contributed by atoms with Crippen LogP contribution in [0.1, 0.15) is 22.9 Å². The average molecular weight is 1130 g/mol. The van der Waals surface area contributed by atoms with Gasteiger partial charge in [0.05, 0.1) is 11.0 Å². The van der Waals surface area contributed by atoms with Crippen LogP contribution in [0.2, 0.25) is 0 Å². The van der Waals surface area contributed by atoms with Crippen LogP contribution < -0.4 is 5.32 Å². The van der Waals surface area contributed by atoms with Crippen LogP contribution in [-0.4, -0.2) is 21.2 Å². The number of hydrogen-bond donors (Lipinski definition) is 1. The van der Waals surface area contributed by atoms with Crippen molar-refractivity contribution in [3.05, 3.63) is 338 Å². The first-order valence-corrected chi connectivity index (χ1v) is 30.4. The minimum absolute atomic E-state index is 0.335. The van der Waals surface area contributed by atoms with Gasteiger partial charge >= 0.3 is 0 Å². The fraction of sp³-hybridized carbons (Fsp3) is 0.0119. The van der Waals surface area contributed by atoms with Gasteiger partial charge in [-0.25, -0.2) is 15.0 Å². The number of aromatic nitrogens is 2. The van der Waals surface area contributed by atoms with Crippen LogP contribution in [0.5, 0.6) is 0 Å². The van der Waals surface area contributed by atoms with E-state index in [1.165, 1.54) is 82.7 Å². The molecule has 0 bridgehead atoms. The van der Waals surface area contributed by atoms with Crippen molar-refractivity contribution in [2.24, 2.45) is 9.98 Å². The number of aliphatic imine (C=N–C) groups is 2. The van der Waals surface area contributed by atoms with Gasteiger partial charge in [0.25, 0.3) is 0 Å². The molecule has 1 aliphatic carbocycles. The van der Waals surface area contributed by atoms with E-state index in [-0.39, 0.29) is 6.17 Å². The lowest BCUT2D eigenvalue weighted by Crippen LogP contribution is -2.33. The van der Waals surface area contributed by atoms with Gasteiger partial charge < -0.3 is 5.32 Å². The molecule has 0 fully saturated rings. The van der Waals surface area contributed by atoms with Crippen LogP contribution in [0, 0.1) is 0 Å². The highest BCUT2D eigenvalue weighted by molar-refractivity contribution is 6.23. The number of fused-ring (bicyclic) bond motifs is 5. The predicted molar refractivity (Wildman–Crippen MR) is 370 cm³/mol. The first kappa shape index (κ1) is 51.6. The molecule has 1 aromatic heterocycles. The summed E-state index contributed by atoms with van der Waals surface area (Å²) in [6.45, 7) is 0. The SMILES string of the molecule is c1ccc(-c2ccc(C3=NC(c4ccc(-c5ccc(-c6cccc(-c7ccc(-c8ccccc8)c8c7-c7cccc9c(-c%10ccc(-c%11nc%12ccccc%12n%11-c%11ccccc%11)cc%10)ccc-8c79)c6)cc5)cc4)=NC(c4cccc5ccccc45)N3)cc2)cc1. The Bertz CT molecular complexity index is 5270. The van der Waals surface area contributed by atoms with Gasteiger partial charge in [-0.2, -0.15) is 0 Å². The fourth-order valence-corrected chi connectivity index (χ4v) is 13.6. The molecule has 2 heterocycles. The Kier molecular flexibility index (Phi) is 12.5. The van der Waals surface area contributed by atoms with Crippen molar-refractivity contribution in [1.82, 2.24) is 14.9 Å². The van der Waals surface area contributed by atoms with E-state index in [1.807, 2.05) is 6.07 Å². The van der Waals surface area contributed by atoms with Gasteiger partial charge in [0.15, 0.2) is 5.84 Å². The molecule has 416 valence electrons. The molecule has 89 heavy (non-hydrogen) atoms. The molecule has 1 aliphatic heterocycles. The van der Waals surface area contributed by atoms with Crippen molar-refractivity contribution in [1.29, 1.82) is 0 Å². The Hall–Kier alpha value is -11.8. The van der Waals surface area contributed by atoms with E-state index >= 15 is 0 Å². The Balaban J connectivity index is 0.684. The second-order valence-corrected chi connectivity index (χ2v) is 23.0. The molecule has 0 saturated heterocycles. The third-order valence-electron chi connectivity index (χ3n) is 17.9. The van der Waals surface area contributed by atoms with E-state index in [1.54, 1.807) is 0 Å². The lowest BCUT2D eigenvalue weighted by Gasteiger charge is -2.25. The summed E-state index contributed by atoms with van der Waals surface area (Å²) < 4.78 is 2.26. The van der Waals surface area contributed by atoms with E-state index in [0.29, 0.717) is 5.84 Å². The van der Waals surface area contributed by atoms with Crippen molar-refractivity contribution < 1.29 is 0 Å². The van der Waals surface area contributed by atoms with Crippen LogP contribution >= 0.6 is 0 Å². The molecule has 17 rings (SSSR count). The summed E-state index contributed by atoms with van der Waals surface area (Å²) in [5.74, 6) is 2.41. The van der Waals surface area contributed by atoms with E-state index in [4.69, 9.17) is 15.0 Å². The van der Waals surface area contributed by atoms with Gasteiger partial charge in [-0.1, -0.05) is 291 Å². The van der Waals surface area contributed by atoms with Crippen LogP contribution in [0.25, 0.3) is 139 Å². The second-order valence-electron chi connectivity index (χ2n) is 23.0. The number of imidazole rings is 1. The zero-order valence-corrected chi connectivity index (χ0v) is 48.5. The lowest BCUT2D eigenvalue weighted by atomic mass is 9.87. The lowest BCUT2D eigenvalue weighted by molar-refractivity contribution is 0.679. The number of hydrogen-bond acceptors (Lipinski definition) is 4. The van der Waals surface area contributed by atoms with Crippen LogP contribution in [0.4, 0.5) is 0 Å². The molecular formula is C84H55N5. The van der Waals surface area contributed by atoms with Crippen molar-refractivity contribution in [3.63, 3.8) is 0 Å². The van der Waals surface area contributed by atoms with Gasteiger partial charge in [-0.3, -0.25) is 4.57 Å². The van der Waals surface area contributed by atoms with Crippen molar-refractivity contribution in [2.45, 2.75) is 6.17 Å². The average Bonchev–Trinajstić information content (AvgIpc) is 1.61. The summed E-state index contributed by atoms with van der Waals surface area (Å²) >= 11 is 0. The maximum Gasteiger partial charge on any atom is 0.159 e. The third kappa shape index (κ3) is 9.15. The smallest absolute Gasteiger partial charge is 0.159 e. The first-order chi connectivity index (χ1) is 44.1. The zero-order chi connectivity index (χ0) is 58.8. The van der Waals surface area contributed by atoms with Crippen molar-refractivity contribution >= 4 is 44.2 Å². The van der Waals surface area contributed by atoms with E-state index in [2.05, 4.69) is 325 Å². The van der Waals surface area contributed by atoms with Gasteiger partial charge in [-0.05, 0) is 141 Å². The van der Waals surface area contributed by atoms with Crippen LogP contribution in [0.15, 0.2) is 332 Å². The fourth-order valence-electron chi connectivity index (χ4n) is 13.6. The summed E-state index contributed by atoms with van der Waals surface area (Å²) in [5, 5.41) is 8.58. The van der Waals surface area contributed by atoms with Crippen molar-refractivity contribution in [3.8, 4) is 106 Å². The quantitative estimate of drug-likeness (QED) is 0.140. The minimum atomic E-state index is -0.335. The molecule has 5 nitrogen and oxygen atoms in total. The normalized spacial score (nSPS) is 13.3. The molecule has 1 N–H and O–H groups in total. The molecule has 2 aliphatic rings. The van der Waals surface area contributed by atoms with E-state index in [0.717, 1.165) is 78.5 Å². The monoisotopic (exact) mass is 1130 g/mol. The number of para-hydroxylation sites is 3. The number of benzene rings is 14. The number of nitrogens with zero attached hydrogens (tertiary/aromatic N) is 4. The Morgan fingerprint density at radius 3 is 1.52 bits per heavy atom. The Morgan fingerprint density at radius 1 is 0.315 bits per heavy atom. The summed E-state index contributed by atoms with van der Waals surface area (Å²) in [6.07, 6.45) is -0.335. The summed E-state index contributed by atoms with van der Waals surface area (Å²) in [5.41, 5.74) is 26.5. The number of nitrogens with one attached hydrogen (secondary N) is 1. The molecule has 1 atom stereocenters. The Morgan fingerprint density at radius 2 is 0.787 bits per heavy atom. The molecular weight excluding hydrogens is 1080 g/mol. The highest BCUT2D eigenvalue weighted by Gasteiger charge is 2.30. The molecule has 0 saturated carbocycles. The molecule has 0 radical (unpaired) electrons. The largest absolute Gasteiger partial charge is 0.344 e. The van der Waals surface area contributed by atoms with E-state index in [9.17, 15) is 0 Å². The molecule has 5 heteroatoms. The third-order valence-corrected chi connectivity index (χ3v) is 17.9. The zero-order valence-electron chi connectivity index (χ0n) is 48.5. The molecule has 0 spiro atoms. The first-order valence-electron chi connectivity index (χ1n) is 30.4. The molecule has 1 unspecified atom stereocenters. The maximum atomic E-state index is 5.30. The summed E-state index contributed by atoms with van der Waals surface area (Å²) in [4.78, 5) is 15.7. The summed E-state index contributed by atoms with van der Waals surface area (Å²) in [6, 6.07) is 116. The van der Waals surface area contributed by atoms with Gasteiger partial charge in [0.1, 0.15) is 17.8 Å². The Labute approximate surface area is 516 Å². The predicted octanol–water partition coefficient (Wildman–Crippen LogP) is 21.1. The summed E-state index contributed by atoms with van der Waals surface area (Å²) in [7, 11) is 0. The molecule has 0 amide bonds.